The van der Waals surface area contributed by atoms with Gasteiger partial charge in [-0.25, -0.2) is 8.42 Å². The van der Waals surface area contributed by atoms with Gasteiger partial charge in [0.05, 0.1) is 16.5 Å². The number of nitrogens with one attached hydrogen (secondary N) is 1. The highest BCUT2D eigenvalue weighted by Gasteiger charge is 2.28. The van der Waals surface area contributed by atoms with Crippen molar-refractivity contribution in [1.82, 2.24) is 0 Å². The molecule has 0 aromatic heterocycles. The van der Waals surface area contributed by atoms with E-state index in [2.05, 4.69) is 10.1 Å². The summed E-state index contributed by atoms with van der Waals surface area (Å²) in [6, 6.07) is 10.0. The van der Waals surface area contributed by atoms with E-state index in [0.29, 0.717) is 29.9 Å². The van der Waals surface area contributed by atoms with Crippen LogP contribution in [-0.4, -0.2) is 33.2 Å². The molecule has 0 bridgehead atoms. The van der Waals surface area contributed by atoms with E-state index < -0.39 is 22.5 Å². The standard InChI is InChI=1S/C17H15ClF2N2O4S/c18-14-10-12(4-7-15(14)26-17(19)20)21-16(23)11-2-5-13(6-3-11)22-8-1-9-27(22,24)25/h2-7,10,17H,1,8-9H2,(H,21,23). The summed E-state index contributed by atoms with van der Waals surface area (Å²) in [6.07, 6.45) is 0.566. The Morgan fingerprint density at radius 1 is 1.19 bits per heavy atom. The molecule has 1 aliphatic heterocycles. The number of hydrogen-bond acceptors (Lipinski definition) is 4. The van der Waals surface area contributed by atoms with Crippen LogP contribution in [0.4, 0.5) is 20.2 Å². The lowest BCUT2D eigenvalue weighted by molar-refractivity contribution is -0.0497. The van der Waals surface area contributed by atoms with Crippen LogP contribution >= 0.6 is 11.6 Å². The van der Waals surface area contributed by atoms with Crippen molar-refractivity contribution in [2.24, 2.45) is 0 Å². The summed E-state index contributed by atoms with van der Waals surface area (Å²) in [5.41, 5.74) is 1.11. The third kappa shape index (κ3) is 4.48. The zero-order valence-electron chi connectivity index (χ0n) is 13.9. The number of ether oxygens (including phenoxy) is 1. The number of nitrogens with zero attached hydrogens (tertiary/aromatic N) is 1. The van der Waals surface area contributed by atoms with Gasteiger partial charge in [0.25, 0.3) is 5.91 Å². The molecule has 10 heteroatoms. The molecule has 1 N–H and O–H groups in total. The van der Waals surface area contributed by atoms with E-state index in [4.69, 9.17) is 11.6 Å². The Bertz CT molecular complexity index is 952. The van der Waals surface area contributed by atoms with E-state index in [1.165, 1.54) is 34.6 Å². The SMILES string of the molecule is O=C(Nc1ccc(OC(F)F)c(Cl)c1)c1ccc(N2CCCS2(=O)=O)cc1. The Morgan fingerprint density at radius 2 is 1.89 bits per heavy atom. The van der Waals surface area contributed by atoms with Gasteiger partial charge >= 0.3 is 6.61 Å². The van der Waals surface area contributed by atoms with Crippen LogP contribution in [-0.2, 0) is 10.0 Å². The largest absolute Gasteiger partial charge is 0.433 e. The first-order valence-electron chi connectivity index (χ1n) is 7.92. The van der Waals surface area contributed by atoms with E-state index in [1.807, 2.05) is 0 Å². The van der Waals surface area contributed by atoms with Gasteiger partial charge in [0.2, 0.25) is 10.0 Å². The topological polar surface area (TPSA) is 75.7 Å². The van der Waals surface area contributed by atoms with Gasteiger partial charge in [-0.1, -0.05) is 11.6 Å². The number of carbonyl (C=O) groups is 1. The van der Waals surface area contributed by atoms with Crippen LogP contribution in [0.1, 0.15) is 16.8 Å². The molecule has 0 unspecified atom stereocenters. The van der Waals surface area contributed by atoms with E-state index in [0.717, 1.165) is 0 Å². The molecule has 0 spiro atoms. The second-order valence-electron chi connectivity index (χ2n) is 5.77. The van der Waals surface area contributed by atoms with Crippen molar-refractivity contribution < 1.29 is 26.7 Å². The minimum atomic E-state index is -3.29. The molecular weight excluding hydrogens is 402 g/mol. The molecule has 1 fully saturated rings. The van der Waals surface area contributed by atoms with Gasteiger partial charge in [-0.05, 0) is 48.9 Å². The van der Waals surface area contributed by atoms with Gasteiger partial charge in [0.1, 0.15) is 5.75 Å². The lowest BCUT2D eigenvalue weighted by atomic mass is 10.2. The van der Waals surface area contributed by atoms with Gasteiger partial charge in [-0.2, -0.15) is 8.78 Å². The number of halogens is 3. The summed E-state index contributed by atoms with van der Waals surface area (Å²) < 4.78 is 53.9. The molecule has 0 radical (unpaired) electrons. The lowest BCUT2D eigenvalue weighted by Gasteiger charge is -2.17. The average Bonchev–Trinajstić information content (AvgIpc) is 2.96. The predicted octanol–water partition coefficient (Wildman–Crippen LogP) is 3.73. The van der Waals surface area contributed by atoms with Crippen molar-refractivity contribution in [3.63, 3.8) is 0 Å². The predicted molar refractivity (Wildman–Crippen MR) is 98.2 cm³/mol. The fraction of sp³-hybridized carbons (Fsp3) is 0.235. The smallest absolute Gasteiger partial charge is 0.387 e. The average molecular weight is 417 g/mol. The highest BCUT2D eigenvalue weighted by atomic mass is 35.5. The Kier molecular flexibility index (Phi) is 5.52. The molecule has 144 valence electrons. The van der Waals surface area contributed by atoms with Gasteiger partial charge in [0.15, 0.2) is 0 Å². The summed E-state index contributed by atoms with van der Waals surface area (Å²) >= 11 is 5.85. The monoisotopic (exact) mass is 416 g/mol. The molecule has 6 nitrogen and oxygen atoms in total. The summed E-state index contributed by atoms with van der Waals surface area (Å²) in [7, 11) is -3.29. The summed E-state index contributed by atoms with van der Waals surface area (Å²) in [4.78, 5) is 12.3. The van der Waals surface area contributed by atoms with Crippen molar-refractivity contribution in [3.8, 4) is 5.75 Å². The second kappa shape index (κ2) is 7.69. The molecule has 0 saturated carbocycles. The van der Waals surface area contributed by atoms with Crippen LogP contribution in [0.3, 0.4) is 0 Å². The number of hydrogen-bond donors (Lipinski definition) is 1. The summed E-state index contributed by atoms with van der Waals surface area (Å²) in [5, 5.41) is 2.52. The quantitative estimate of drug-likeness (QED) is 0.805. The molecular formula is C17H15ClF2N2O4S. The Labute approximate surface area is 159 Å². The molecule has 1 saturated heterocycles. The molecule has 2 aromatic rings. The number of anilines is 2. The minimum absolute atomic E-state index is 0.0670. The minimum Gasteiger partial charge on any atom is -0.433 e. The van der Waals surface area contributed by atoms with Crippen molar-refractivity contribution in [2.45, 2.75) is 13.0 Å². The summed E-state index contributed by atoms with van der Waals surface area (Å²) in [5.74, 6) is -0.536. The van der Waals surface area contributed by atoms with Crippen LogP contribution in [0.25, 0.3) is 0 Å². The van der Waals surface area contributed by atoms with Crippen LogP contribution in [0.2, 0.25) is 5.02 Å². The molecule has 1 heterocycles. The second-order valence-corrected chi connectivity index (χ2v) is 8.19. The van der Waals surface area contributed by atoms with Crippen molar-refractivity contribution >= 4 is 38.9 Å². The van der Waals surface area contributed by atoms with E-state index in [-0.39, 0.29) is 16.5 Å². The van der Waals surface area contributed by atoms with Crippen LogP contribution in [0.5, 0.6) is 5.75 Å². The maximum absolute atomic E-state index is 12.3. The van der Waals surface area contributed by atoms with E-state index >= 15 is 0 Å². The zero-order valence-corrected chi connectivity index (χ0v) is 15.4. The number of benzene rings is 2. The third-order valence-corrected chi connectivity index (χ3v) is 6.09. The van der Waals surface area contributed by atoms with Gasteiger partial charge in [-0.15, -0.1) is 0 Å². The Morgan fingerprint density at radius 3 is 2.44 bits per heavy atom. The fourth-order valence-electron chi connectivity index (χ4n) is 2.68. The molecule has 27 heavy (non-hydrogen) atoms. The lowest BCUT2D eigenvalue weighted by Crippen LogP contribution is -2.25. The molecule has 1 amide bonds. The summed E-state index contributed by atoms with van der Waals surface area (Å²) in [6.45, 7) is -2.58. The highest BCUT2D eigenvalue weighted by Crippen LogP contribution is 2.29. The Hall–Kier alpha value is -2.39. The number of sulfonamides is 1. The Balaban J connectivity index is 1.70. The van der Waals surface area contributed by atoms with Gasteiger partial charge in [0, 0.05) is 17.8 Å². The first kappa shape index (κ1) is 19.4. The third-order valence-electron chi connectivity index (χ3n) is 3.92. The molecule has 2 aromatic carbocycles. The van der Waals surface area contributed by atoms with Crippen molar-refractivity contribution in [2.75, 3.05) is 21.9 Å². The normalized spacial score (nSPS) is 15.8. The first-order valence-corrected chi connectivity index (χ1v) is 9.91. The van der Waals surface area contributed by atoms with Crippen LogP contribution in [0, 0.1) is 0 Å². The molecule has 1 aliphatic rings. The first-order chi connectivity index (χ1) is 12.8. The zero-order chi connectivity index (χ0) is 19.6. The number of rotatable bonds is 5. The maximum atomic E-state index is 12.3. The van der Waals surface area contributed by atoms with Crippen LogP contribution in [0.15, 0.2) is 42.5 Å². The molecule has 0 atom stereocenters. The van der Waals surface area contributed by atoms with Gasteiger partial charge < -0.3 is 10.1 Å². The van der Waals surface area contributed by atoms with Crippen molar-refractivity contribution in [1.29, 1.82) is 0 Å². The van der Waals surface area contributed by atoms with Crippen LogP contribution < -0.4 is 14.4 Å². The highest BCUT2D eigenvalue weighted by molar-refractivity contribution is 7.93. The molecule has 3 rings (SSSR count). The number of carbonyl (C=O) groups excluding carboxylic acids is 1. The van der Waals surface area contributed by atoms with E-state index in [9.17, 15) is 22.0 Å². The number of amides is 1. The maximum Gasteiger partial charge on any atom is 0.387 e. The molecule has 0 aliphatic carbocycles. The van der Waals surface area contributed by atoms with Gasteiger partial charge in [-0.3, -0.25) is 9.10 Å². The van der Waals surface area contributed by atoms with Crippen molar-refractivity contribution in [3.05, 3.63) is 53.1 Å². The number of alkyl halides is 2. The fourth-order valence-corrected chi connectivity index (χ4v) is 4.47. The van der Waals surface area contributed by atoms with E-state index in [1.54, 1.807) is 12.1 Å².